The summed E-state index contributed by atoms with van der Waals surface area (Å²) in [6, 6.07) is 0. The van der Waals surface area contributed by atoms with Gasteiger partial charge in [0.2, 0.25) is 0 Å². The zero-order valence-electron chi connectivity index (χ0n) is 8.96. The van der Waals surface area contributed by atoms with Crippen molar-refractivity contribution in [2.75, 3.05) is 12.8 Å². The summed E-state index contributed by atoms with van der Waals surface area (Å²) < 4.78 is 5.42. The fourth-order valence-corrected chi connectivity index (χ4v) is 1.80. The van der Waals surface area contributed by atoms with Crippen molar-refractivity contribution in [1.29, 1.82) is 0 Å². The lowest BCUT2D eigenvalue weighted by Crippen LogP contribution is -2.40. The van der Waals surface area contributed by atoms with E-state index in [-0.39, 0.29) is 11.4 Å². The molecule has 1 aliphatic rings. The van der Waals surface area contributed by atoms with Crippen LogP contribution >= 0.6 is 0 Å². The monoisotopic (exact) mass is 209 g/mol. The van der Waals surface area contributed by atoms with Crippen LogP contribution in [0.1, 0.15) is 30.7 Å². The van der Waals surface area contributed by atoms with Crippen molar-refractivity contribution in [2.24, 2.45) is 0 Å². The van der Waals surface area contributed by atoms with Gasteiger partial charge in [-0.2, -0.15) is 0 Å². The number of nitrogens with zero attached hydrogens (tertiary/aromatic N) is 1. The predicted octanol–water partition coefficient (Wildman–Crippen LogP) is 0.686. The first-order valence-electron chi connectivity index (χ1n) is 5.01. The number of hydrogen-bond donors (Lipinski definition) is 2. The summed E-state index contributed by atoms with van der Waals surface area (Å²) in [5, 5.41) is 0. The summed E-state index contributed by atoms with van der Waals surface area (Å²) in [5.74, 6) is 0.849. The number of anilines is 1. The summed E-state index contributed by atoms with van der Waals surface area (Å²) in [6.45, 7) is 1.66. The number of hydrogen-bond acceptors (Lipinski definition) is 4. The van der Waals surface area contributed by atoms with Crippen LogP contribution in [0, 0.1) is 6.92 Å². The maximum atomic E-state index is 11.5. The first-order chi connectivity index (χ1) is 7.09. The molecule has 1 saturated carbocycles. The van der Waals surface area contributed by atoms with Crippen LogP contribution < -0.4 is 11.3 Å². The summed E-state index contributed by atoms with van der Waals surface area (Å²) in [4.78, 5) is 18.5. The van der Waals surface area contributed by atoms with Crippen LogP contribution in [0.25, 0.3) is 0 Å². The molecule has 1 aliphatic carbocycles. The Labute approximate surface area is 87.7 Å². The molecule has 0 unspecified atom stereocenters. The van der Waals surface area contributed by atoms with Gasteiger partial charge < -0.3 is 15.5 Å². The van der Waals surface area contributed by atoms with Gasteiger partial charge in [-0.05, 0) is 26.2 Å². The number of aromatic nitrogens is 2. The number of rotatable bonds is 2. The molecular formula is C10H15N3O2. The number of ether oxygens (including phenoxy) is 1. The molecule has 1 heterocycles. The van der Waals surface area contributed by atoms with Gasteiger partial charge in [0.15, 0.2) is 0 Å². The highest BCUT2D eigenvalue weighted by atomic mass is 16.5. The van der Waals surface area contributed by atoms with Crippen LogP contribution in [0.3, 0.4) is 0 Å². The third-order valence-corrected chi connectivity index (χ3v) is 3.17. The average Bonchev–Trinajstić information content (AvgIpc) is 2.13. The number of aromatic amines is 1. The topological polar surface area (TPSA) is 81.0 Å². The summed E-state index contributed by atoms with van der Waals surface area (Å²) >= 11 is 0. The molecule has 1 aromatic rings. The minimum atomic E-state index is -0.416. The van der Waals surface area contributed by atoms with Crippen LogP contribution in [0.2, 0.25) is 0 Å². The quantitative estimate of drug-likeness (QED) is 0.750. The lowest BCUT2D eigenvalue weighted by Gasteiger charge is -2.39. The Morgan fingerprint density at radius 3 is 2.60 bits per heavy atom. The van der Waals surface area contributed by atoms with E-state index in [1.807, 2.05) is 0 Å². The van der Waals surface area contributed by atoms with Crippen molar-refractivity contribution in [3.05, 3.63) is 21.7 Å². The Balaban J connectivity index is 2.49. The number of methoxy groups -OCH3 is 1. The second-order valence-electron chi connectivity index (χ2n) is 3.98. The molecule has 82 valence electrons. The van der Waals surface area contributed by atoms with Crippen molar-refractivity contribution < 1.29 is 4.74 Å². The average molecular weight is 209 g/mol. The molecule has 0 bridgehead atoms. The fourth-order valence-electron chi connectivity index (χ4n) is 1.80. The Morgan fingerprint density at radius 1 is 1.53 bits per heavy atom. The molecule has 0 atom stereocenters. The highest BCUT2D eigenvalue weighted by Crippen LogP contribution is 2.42. The molecule has 5 heteroatoms. The molecule has 15 heavy (non-hydrogen) atoms. The minimum absolute atomic E-state index is 0.180. The molecule has 0 aliphatic heterocycles. The summed E-state index contributed by atoms with van der Waals surface area (Å²) in [7, 11) is 1.63. The number of H-pyrrole nitrogens is 1. The van der Waals surface area contributed by atoms with E-state index in [1.165, 1.54) is 0 Å². The summed E-state index contributed by atoms with van der Waals surface area (Å²) in [6.07, 6.45) is 2.86. The smallest absolute Gasteiger partial charge is 0.255 e. The third-order valence-electron chi connectivity index (χ3n) is 3.17. The molecular weight excluding hydrogens is 194 g/mol. The molecule has 0 radical (unpaired) electrons. The Kier molecular flexibility index (Phi) is 2.26. The Bertz CT molecular complexity index is 429. The highest BCUT2D eigenvalue weighted by molar-refractivity contribution is 5.37. The maximum absolute atomic E-state index is 11.5. The minimum Gasteiger partial charge on any atom is -0.383 e. The highest BCUT2D eigenvalue weighted by Gasteiger charge is 2.41. The van der Waals surface area contributed by atoms with Crippen LogP contribution in [-0.2, 0) is 10.3 Å². The van der Waals surface area contributed by atoms with Crippen molar-refractivity contribution in [3.8, 4) is 0 Å². The van der Waals surface area contributed by atoms with Gasteiger partial charge >= 0.3 is 0 Å². The molecule has 3 N–H and O–H groups in total. The zero-order chi connectivity index (χ0) is 11.1. The number of nitrogen functional groups attached to an aromatic ring is 1. The van der Waals surface area contributed by atoms with Crippen LogP contribution in [-0.4, -0.2) is 17.1 Å². The molecule has 1 aromatic heterocycles. The van der Waals surface area contributed by atoms with Gasteiger partial charge in [-0.1, -0.05) is 0 Å². The normalized spacial score (nSPS) is 18.5. The zero-order valence-corrected chi connectivity index (χ0v) is 8.96. The van der Waals surface area contributed by atoms with Crippen molar-refractivity contribution in [3.63, 3.8) is 0 Å². The number of nitrogens with two attached hydrogens (primary N) is 1. The van der Waals surface area contributed by atoms with E-state index < -0.39 is 5.60 Å². The van der Waals surface area contributed by atoms with Gasteiger partial charge in [0.25, 0.3) is 5.56 Å². The SMILES string of the molecule is COC1(c2nc(N)c(C)c(=O)[nH]2)CCC1. The van der Waals surface area contributed by atoms with Gasteiger partial charge in [0, 0.05) is 7.11 Å². The molecule has 1 fully saturated rings. The van der Waals surface area contributed by atoms with Gasteiger partial charge in [0.1, 0.15) is 17.2 Å². The third kappa shape index (κ3) is 1.43. The van der Waals surface area contributed by atoms with Crippen LogP contribution in [0.15, 0.2) is 4.79 Å². The van der Waals surface area contributed by atoms with Gasteiger partial charge in [-0.15, -0.1) is 0 Å². The van der Waals surface area contributed by atoms with E-state index in [1.54, 1.807) is 14.0 Å². The van der Waals surface area contributed by atoms with E-state index in [0.29, 0.717) is 11.4 Å². The molecule has 0 spiro atoms. The van der Waals surface area contributed by atoms with E-state index in [2.05, 4.69) is 9.97 Å². The van der Waals surface area contributed by atoms with E-state index in [0.717, 1.165) is 19.3 Å². The molecule has 2 rings (SSSR count). The molecule has 0 aromatic carbocycles. The second kappa shape index (κ2) is 3.34. The lowest BCUT2D eigenvalue weighted by atomic mass is 9.79. The maximum Gasteiger partial charge on any atom is 0.255 e. The standard InChI is InChI=1S/C10H15N3O2/c1-6-7(11)12-9(13-8(6)14)10(15-2)4-3-5-10/h3-5H2,1-2H3,(H3,11,12,13,14). The molecule has 0 saturated heterocycles. The van der Waals surface area contributed by atoms with E-state index in [9.17, 15) is 4.79 Å². The largest absolute Gasteiger partial charge is 0.383 e. The van der Waals surface area contributed by atoms with Crippen molar-refractivity contribution in [2.45, 2.75) is 31.8 Å². The van der Waals surface area contributed by atoms with E-state index in [4.69, 9.17) is 10.5 Å². The van der Waals surface area contributed by atoms with Gasteiger partial charge in [-0.3, -0.25) is 4.79 Å². The van der Waals surface area contributed by atoms with Crippen molar-refractivity contribution >= 4 is 5.82 Å². The second-order valence-corrected chi connectivity index (χ2v) is 3.98. The molecule has 0 amide bonds. The van der Waals surface area contributed by atoms with Crippen LogP contribution in [0.5, 0.6) is 0 Å². The van der Waals surface area contributed by atoms with Gasteiger partial charge in [-0.25, -0.2) is 4.98 Å². The Hall–Kier alpha value is -1.36. The van der Waals surface area contributed by atoms with E-state index >= 15 is 0 Å². The van der Waals surface area contributed by atoms with Gasteiger partial charge in [0.05, 0.1) is 5.56 Å². The predicted molar refractivity (Wildman–Crippen MR) is 56.5 cm³/mol. The first-order valence-corrected chi connectivity index (χ1v) is 5.01. The first kappa shape index (κ1) is 10.2. The summed E-state index contributed by atoms with van der Waals surface area (Å²) in [5.41, 5.74) is 5.53. The Morgan fingerprint density at radius 2 is 2.20 bits per heavy atom. The fraction of sp³-hybridized carbons (Fsp3) is 0.600. The molecule has 5 nitrogen and oxygen atoms in total. The van der Waals surface area contributed by atoms with Crippen LogP contribution in [0.4, 0.5) is 5.82 Å². The number of nitrogens with one attached hydrogen (secondary N) is 1. The van der Waals surface area contributed by atoms with Crippen molar-refractivity contribution in [1.82, 2.24) is 9.97 Å². The lowest BCUT2D eigenvalue weighted by molar-refractivity contribution is -0.0847.